The molecule has 0 aliphatic heterocycles. The first kappa shape index (κ1) is 21.2. The Balaban J connectivity index is 1.53. The molecule has 0 spiro atoms. The number of hydrazone groups is 2. The summed E-state index contributed by atoms with van der Waals surface area (Å²) in [5.41, 5.74) is 7.10. The van der Waals surface area contributed by atoms with Crippen LogP contribution in [0.25, 0.3) is 0 Å². The van der Waals surface area contributed by atoms with Crippen molar-refractivity contribution >= 4 is 47.4 Å². The molecule has 0 saturated heterocycles. The second-order valence-electron chi connectivity index (χ2n) is 6.02. The molecule has 0 bridgehead atoms. The van der Waals surface area contributed by atoms with Crippen LogP contribution < -0.4 is 10.9 Å². The van der Waals surface area contributed by atoms with Crippen molar-refractivity contribution in [3.05, 3.63) is 105 Å². The van der Waals surface area contributed by atoms with E-state index in [0.29, 0.717) is 21.2 Å². The number of carbonyl (C=O) groups excluding carboxylic acids is 2. The first-order valence-electron chi connectivity index (χ1n) is 8.80. The Morgan fingerprint density at radius 2 is 1.00 bits per heavy atom. The topological polar surface area (TPSA) is 82.9 Å². The summed E-state index contributed by atoms with van der Waals surface area (Å²) in [7, 11) is 0. The largest absolute Gasteiger partial charge is 0.272 e. The SMILES string of the molecule is O=C(NN=Cc1ccc(C=NNC(=O)c2ccccc2Cl)cc1)c1ccccc1Cl. The van der Waals surface area contributed by atoms with Gasteiger partial charge in [0, 0.05) is 0 Å². The second-order valence-corrected chi connectivity index (χ2v) is 6.84. The smallest absolute Gasteiger partial charge is 0.267 e. The summed E-state index contributed by atoms with van der Waals surface area (Å²) >= 11 is 12.0. The van der Waals surface area contributed by atoms with Crippen molar-refractivity contribution in [2.24, 2.45) is 10.2 Å². The van der Waals surface area contributed by atoms with Gasteiger partial charge < -0.3 is 0 Å². The van der Waals surface area contributed by atoms with Gasteiger partial charge in [0.05, 0.1) is 33.6 Å². The quantitative estimate of drug-likeness (QED) is 0.437. The molecule has 0 heterocycles. The van der Waals surface area contributed by atoms with Gasteiger partial charge in [0.15, 0.2) is 0 Å². The Morgan fingerprint density at radius 1 is 0.633 bits per heavy atom. The molecule has 30 heavy (non-hydrogen) atoms. The Hall–Kier alpha value is -3.48. The van der Waals surface area contributed by atoms with Gasteiger partial charge in [-0.1, -0.05) is 71.7 Å². The van der Waals surface area contributed by atoms with Crippen LogP contribution in [0.3, 0.4) is 0 Å². The maximum absolute atomic E-state index is 12.0. The van der Waals surface area contributed by atoms with Gasteiger partial charge in [-0.05, 0) is 35.4 Å². The van der Waals surface area contributed by atoms with Crippen LogP contribution in [0.5, 0.6) is 0 Å². The fourth-order valence-corrected chi connectivity index (χ4v) is 2.85. The summed E-state index contributed by atoms with van der Waals surface area (Å²) in [6.07, 6.45) is 3.02. The van der Waals surface area contributed by atoms with E-state index in [1.807, 2.05) is 0 Å². The van der Waals surface area contributed by atoms with Gasteiger partial charge in [-0.25, -0.2) is 10.9 Å². The molecule has 0 aromatic heterocycles. The maximum Gasteiger partial charge on any atom is 0.272 e. The summed E-state index contributed by atoms with van der Waals surface area (Å²) in [4.78, 5) is 24.1. The Morgan fingerprint density at radius 3 is 1.37 bits per heavy atom. The number of amides is 2. The molecule has 3 rings (SSSR count). The van der Waals surface area contributed by atoms with Crippen molar-refractivity contribution in [1.29, 1.82) is 0 Å². The Labute approximate surface area is 183 Å². The number of carbonyl (C=O) groups is 2. The minimum Gasteiger partial charge on any atom is -0.267 e. The van der Waals surface area contributed by atoms with Gasteiger partial charge in [-0.15, -0.1) is 0 Å². The van der Waals surface area contributed by atoms with Gasteiger partial charge in [-0.2, -0.15) is 10.2 Å². The van der Waals surface area contributed by atoms with Crippen LogP contribution in [0.2, 0.25) is 10.0 Å². The molecule has 0 aliphatic carbocycles. The molecule has 2 N–H and O–H groups in total. The van der Waals surface area contributed by atoms with E-state index in [1.165, 1.54) is 12.4 Å². The van der Waals surface area contributed by atoms with E-state index in [9.17, 15) is 9.59 Å². The van der Waals surface area contributed by atoms with Crippen LogP contribution >= 0.6 is 23.2 Å². The number of hydrogen-bond acceptors (Lipinski definition) is 4. The molecule has 6 nitrogen and oxygen atoms in total. The summed E-state index contributed by atoms with van der Waals surface area (Å²) in [6.45, 7) is 0. The van der Waals surface area contributed by atoms with Crippen molar-refractivity contribution in [3.8, 4) is 0 Å². The third-order valence-electron chi connectivity index (χ3n) is 3.93. The molecule has 150 valence electrons. The number of benzene rings is 3. The number of halogens is 2. The molecule has 0 unspecified atom stereocenters. The highest BCUT2D eigenvalue weighted by atomic mass is 35.5. The summed E-state index contributed by atoms with van der Waals surface area (Å²) < 4.78 is 0. The number of nitrogens with one attached hydrogen (secondary N) is 2. The molecule has 0 radical (unpaired) electrons. The van der Waals surface area contributed by atoms with Crippen molar-refractivity contribution < 1.29 is 9.59 Å². The monoisotopic (exact) mass is 438 g/mol. The lowest BCUT2D eigenvalue weighted by Gasteiger charge is -2.02. The summed E-state index contributed by atoms with van der Waals surface area (Å²) in [5.74, 6) is -0.787. The Kier molecular flexibility index (Phi) is 7.32. The van der Waals surface area contributed by atoms with Crippen molar-refractivity contribution in [1.82, 2.24) is 10.9 Å². The van der Waals surface area contributed by atoms with Crippen molar-refractivity contribution in [2.75, 3.05) is 0 Å². The molecule has 3 aromatic rings. The normalized spacial score (nSPS) is 11.0. The van der Waals surface area contributed by atoms with E-state index < -0.39 is 11.8 Å². The number of hydrogen-bond donors (Lipinski definition) is 2. The van der Waals surface area contributed by atoms with E-state index >= 15 is 0 Å². The van der Waals surface area contributed by atoms with Gasteiger partial charge in [0.25, 0.3) is 11.8 Å². The fraction of sp³-hybridized carbons (Fsp3) is 0. The van der Waals surface area contributed by atoms with E-state index in [1.54, 1.807) is 72.8 Å². The van der Waals surface area contributed by atoms with E-state index in [-0.39, 0.29) is 0 Å². The fourth-order valence-electron chi connectivity index (χ4n) is 2.41. The minimum atomic E-state index is -0.394. The standard InChI is InChI=1S/C22H16Cl2N4O2/c23-19-7-3-1-5-17(19)21(29)27-25-13-15-9-11-16(12-10-15)14-26-28-22(30)18-6-2-4-8-20(18)24/h1-14H,(H,27,29)(H,28,30). The predicted molar refractivity (Wildman–Crippen MR) is 119 cm³/mol. The van der Waals surface area contributed by atoms with Gasteiger partial charge in [0.1, 0.15) is 0 Å². The van der Waals surface area contributed by atoms with Crippen LogP contribution in [0.4, 0.5) is 0 Å². The highest BCUT2D eigenvalue weighted by Crippen LogP contribution is 2.15. The first-order valence-corrected chi connectivity index (χ1v) is 9.56. The van der Waals surface area contributed by atoms with E-state index in [0.717, 1.165) is 11.1 Å². The zero-order valence-corrected chi connectivity index (χ0v) is 17.1. The molecular formula is C22H16Cl2N4O2. The van der Waals surface area contributed by atoms with Gasteiger partial charge >= 0.3 is 0 Å². The second kappa shape index (κ2) is 10.3. The molecule has 0 saturated carbocycles. The average Bonchev–Trinajstić information content (AvgIpc) is 2.75. The van der Waals surface area contributed by atoms with E-state index in [2.05, 4.69) is 21.1 Å². The summed E-state index contributed by atoms with van der Waals surface area (Å²) in [5, 5.41) is 8.57. The van der Waals surface area contributed by atoms with Crippen LogP contribution in [0, 0.1) is 0 Å². The van der Waals surface area contributed by atoms with Crippen LogP contribution in [0.15, 0.2) is 83.0 Å². The predicted octanol–water partition coefficient (Wildman–Crippen LogP) is 4.52. The van der Waals surface area contributed by atoms with Crippen LogP contribution in [-0.2, 0) is 0 Å². The zero-order chi connectivity index (χ0) is 21.3. The van der Waals surface area contributed by atoms with Gasteiger partial charge in [0.2, 0.25) is 0 Å². The summed E-state index contributed by atoms with van der Waals surface area (Å²) in [6, 6.07) is 20.6. The van der Waals surface area contributed by atoms with Crippen molar-refractivity contribution in [3.63, 3.8) is 0 Å². The van der Waals surface area contributed by atoms with Crippen LogP contribution in [0.1, 0.15) is 31.8 Å². The zero-order valence-electron chi connectivity index (χ0n) is 15.5. The third-order valence-corrected chi connectivity index (χ3v) is 4.59. The minimum absolute atomic E-state index is 0.349. The molecule has 0 fully saturated rings. The maximum atomic E-state index is 12.0. The lowest BCUT2D eigenvalue weighted by molar-refractivity contribution is 0.0947. The first-order chi connectivity index (χ1) is 14.5. The van der Waals surface area contributed by atoms with Gasteiger partial charge in [-0.3, -0.25) is 9.59 Å². The highest BCUT2D eigenvalue weighted by Gasteiger charge is 2.08. The average molecular weight is 439 g/mol. The molecule has 0 aliphatic rings. The molecule has 2 amide bonds. The van der Waals surface area contributed by atoms with Crippen molar-refractivity contribution in [2.45, 2.75) is 0 Å². The number of nitrogens with zero attached hydrogens (tertiary/aromatic N) is 2. The Bertz CT molecular complexity index is 1020. The lowest BCUT2D eigenvalue weighted by Crippen LogP contribution is -2.18. The molecule has 3 aromatic carbocycles. The van der Waals surface area contributed by atoms with Crippen LogP contribution in [-0.4, -0.2) is 24.2 Å². The number of rotatable bonds is 6. The molecule has 8 heteroatoms. The molecule has 0 atom stereocenters. The van der Waals surface area contributed by atoms with E-state index in [4.69, 9.17) is 23.2 Å². The highest BCUT2D eigenvalue weighted by molar-refractivity contribution is 6.34. The third kappa shape index (κ3) is 5.76. The lowest BCUT2D eigenvalue weighted by atomic mass is 10.2. The molecular weight excluding hydrogens is 423 g/mol.